The summed E-state index contributed by atoms with van der Waals surface area (Å²) in [5.41, 5.74) is 2.39. The van der Waals surface area contributed by atoms with E-state index in [1.807, 2.05) is 28.5 Å². The second-order valence-electron chi connectivity index (χ2n) is 8.96. The van der Waals surface area contributed by atoms with Crippen LogP contribution in [-0.2, 0) is 26.8 Å². The zero-order chi connectivity index (χ0) is 28.4. The van der Waals surface area contributed by atoms with Crippen molar-refractivity contribution in [2.45, 2.75) is 37.6 Å². The van der Waals surface area contributed by atoms with Gasteiger partial charge in [0, 0.05) is 35.8 Å². The highest BCUT2D eigenvalue weighted by atomic mass is 32.2. The highest BCUT2D eigenvalue weighted by Crippen LogP contribution is 2.47. The number of rotatable bonds is 11. The maximum atomic E-state index is 11.3. The van der Waals surface area contributed by atoms with Crippen LogP contribution in [-0.4, -0.2) is 54.2 Å². The molecule has 4 rings (SSSR count). The SMILES string of the molecule is CCC(=Cc1sc2ccc(O)cc2[n+]1CCCS(=O)(=O)[O-])C=C1Sc2ccc(O)cc2N1CCCS(=O)(=O)O. The van der Waals surface area contributed by atoms with Gasteiger partial charge in [0.2, 0.25) is 5.52 Å². The van der Waals surface area contributed by atoms with Crippen LogP contribution >= 0.6 is 23.1 Å². The number of phenolic OH excluding ortho intramolecular Hbond substituents is 2. The molecule has 3 N–H and O–H groups in total. The monoisotopic (exact) mass is 612 g/mol. The zero-order valence-corrected chi connectivity index (χ0v) is 24.2. The van der Waals surface area contributed by atoms with Gasteiger partial charge in [0.05, 0.1) is 32.7 Å². The first kappa shape index (κ1) is 29.4. The Morgan fingerprint density at radius 2 is 1.77 bits per heavy atom. The lowest BCUT2D eigenvalue weighted by atomic mass is 10.2. The quantitative estimate of drug-likeness (QED) is 0.213. The van der Waals surface area contributed by atoms with E-state index in [0.717, 1.165) is 36.4 Å². The Bertz CT molecular complexity index is 1660. The third-order valence-electron chi connectivity index (χ3n) is 6.01. The molecule has 0 bridgehead atoms. The van der Waals surface area contributed by atoms with Crippen LogP contribution in [0.5, 0.6) is 11.5 Å². The molecule has 0 saturated heterocycles. The Labute approximate surface area is 235 Å². The molecule has 0 unspecified atom stereocenters. The summed E-state index contributed by atoms with van der Waals surface area (Å²) in [6.45, 7) is 2.56. The molecular formula is C25H28N2O8S4. The molecule has 0 radical (unpaired) electrons. The van der Waals surface area contributed by atoms with E-state index in [-0.39, 0.29) is 36.6 Å². The van der Waals surface area contributed by atoms with Crippen molar-refractivity contribution in [1.29, 1.82) is 0 Å². The van der Waals surface area contributed by atoms with Gasteiger partial charge >= 0.3 is 0 Å². The number of aromatic nitrogens is 1. The first-order chi connectivity index (χ1) is 18.3. The topological polar surface area (TPSA) is 159 Å². The molecule has 0 spiro atoms. The third kappa shape index (κ3) is 7.74. The zero-order valence-electron chi connectivity index (χ0n) is 21.0. The summed E-state index contributed by atoms with van der Waals surface area (Å²) in [5, 5.41) is 21.7. The average Bonchev–Trinajstić information content (AvgIpc) is 3.34. The minimum Gasteiger partial charge on any atom is -0.748 e. The minimum absolute atomic E-state index is 0.0720. The molecule has 2 heterocycles. The van der Waals surface area contributed by atoms with E-state index in [0.29, 0.717) is 13.0 Å². The van der Waals surface area contributed by atoms with Crippen LogP contribution in [0.1, 0.15) is 31.2 Å². The van der Waals surface area contributed by atoms with Crippen LogP contribution in [0.4, 0.5) is 5.69 Å². The van der Waals surface area contributed by atoms with E-state index in [1.54, 1.807) is 36.4 Å². The molecule has 0 aliphatic carbocycles. The molecular weight excluding hydrogens is 585 g/mol. The van der Waals surface area contributed by atoms with Gasteiger partial charge < -0.3 is 19.7 Å². The van der Waals surface area contributed by atoms with Gasteiger partial charge in [-0.05, 0) is 48.8 Å². The summed E-state index contributed by atoms with van der Waals surface area (Å²) in [6, 6.07) is 9.95. The number of allylic oxidation sites excluding steroid dienone is 2. The second-order valence-corrected chi connectivity index (χ2v) is 14.2. The Morgan fingerprint density at radius 3 is 2.46 bits per heavy atom. The molecule has 1 aliphatic heterocycles. The van der Waals surface area contributed by atoms with Crippen molar-refractivity contribution in [3.8, 4) is 11.5 Å². The molecule has 2 aromatic carbocycles. The predicted molar refractivity (Wildman–Crippen MR) is 152 cm³/mol. The van der Waals surface area contributed by atoms with Gasteiger partial charge in [-0.25, -0.2) is 8.42 Å². The second kappa shape index (κ2) is 11.9. The predicted octanol–water partition coefficient (Wildman–Crippen LogP) is 4.06. The van der Waals surface area contributed by atoms with E-state index >= 15 is 0 Å². The molecule has 10 nitrogen and oxygen atoms in total. The number of hydrogen-bond acceptors (Lipinski definition) is 10. The van der Waals surface area contributed by atoms with Gasteiger partial charge in [-0.2, -0.15) is 13.0 Å². The Hall–Kier alpha value is -2.62. The summed E-state index contributed by atoms with van der Waals surface area (Å²) in [5.74, 6) is -0.733. The number of fused-ring (bicyclic) bond motifs is 2. The largest absolute Gasteiger partial charge is 0.748 e. The molecule has 0 saturated carbocycles. The van der Waals surface area contributed by atoms with Crippen molar-refractivity contribution in [3.05, 3.63) is 58.1 Å². The molecule has 0 atom stereocenters. The van der Waals surface area contributed by atoms with E-state index in [4.69, 9.17) is 0 Å². The number of aryl methyl sites for hydroxylation is 1. The Balaban J connectivity index is 1.71. The maximum Gasteiger partial charge on any atom is 0.264 e. The number of thiazole rings is 1. The first-order valence-electron chi connectivity index (χ1n) is 12.1. The van der Waals surface area contributed by atoms with Crippen LogP contribution in [0, 0.1) is 0 Å². The number of phenols is 2. The molecule has 210 valence electrons. The van der Waals surface area contributed by atoms with Crippen LogP contribution in [0.15, 0.2) is 58.0 Å². The number of anilines is 1. The van der Waals surface area contributed by atoms with E-state index in [2.05, 4.69) is 0 Å². The summed E-state index contributed by atoms with van der Waals surface area (Å²) >= 11 is 2.95. The van der Waals surface area contributed by atoms with Crippen LogP contribution < -0.4 is 9.47 Å². The molecule has 1 aromatic heterocycles. The smallest absolute Gasteiger partial charge is 0.264 e. The van der Waals surface area contributed by atoms with Crippen molar-refractivity contribution in [2.75, 3.05) is 23.0 Å². The highest BCUT2D eigenvalue weighted by molar-refractivity contribution is 8.03. The first-order valence-corrected chi connectivity index (χ1v) is 16.9. The van der Waals surface area contributed by atoms with E-state index < -0.39 is 26.0 Å². The molecule has 39 heavy (non-hydrogen) atoms. The van der Waals surface area contributed by atoms with Gasteiger partial charge in [-0.15, -0.1) is 0 Å². The molecule has 1 aliphatic rings. The standard InChI is InChI=1S/C25H28N2O8S4/c1-2-17(13-24-26(9-3-11-38(30,31)32)20-15-18(28)5-7-22(20)36-24)14-25-27(10-4-12-39(33,34)35)21-16-19(29)6-8-23(21)37-25/h5-8,13-16H,2-4,9-12H2,1H3,(H3-,28,29,30,31,32,33,34,35). The fraction of sp³-hybridized carbons (Fsp3) is 0.320. The number of thioether (sulfide) groups is 1. The fourth-order valence-corrected chi connectivity index (χ4v) is 7.49. The third-order valence-corrected chi connectivity index (χ3v) is 9.83. The van der Waals surface area contributed by atoms with Gasteiger partial charge in [0.25, 0.3) is 15.1 Å². The normalized spacial score (nSPS) is 15.4. The van der Waals surface area contributed by atoms with Crippen molar-refractivity contribution >= 4 is 65.3 Å². The number of aromatic hydroxyl groups is 2. The van der Waals surface area contributed by atoms with Crippen molar-refractivity contribution in [3.63, 3.8) is 0 Å². The molecule has 0 amide bonds. The van der Waals surface area contributed by atoms with Crippen molar-refractivity contribution in [1.82, 2.24) is 0 Å². The number of nitrogens with zero attached hydrogens (tertiary/aromatic N) is 2. The summed E-state index contributed by atoms with van der Waals surface area (Å²) in [6.07, 6.45) is 4.89. The lowest BCUT2D eigenvalue weighted by molar-refractivity contribution is -0.668. The average molecular weight is 613 g/mol. The molecule has 14 heteroatoms. The molecule has 0 fully saturated rings. The van der Waals surface area contributed by atoms with Crippen LogP contribution in [0.2, 0.25) is 0 Å². The number of benzene rings is 2. The van der Waals surface area contributed by atoms with Crippen molar-refractivity contribution in [2.24, 2.45) is 0 Å². The van der Waals surface area contributed by atoms with E-state index in [1.165, 1.54) is 23.1 Å². The lowest BCUT2D eigenvalue weighted by Crippen LogP contribution is -2.36. The Kier molecular flexibility index (Phi) is 8.93. The lowest BCUT2D eigenvalue weighted by Gasteiger charge is -2.20. The van der Waals surface area contributed by atoms with Gasteiger partial charge in [0.1, 0.15) is 16.2 Å². The van der Waals surface area contributed by atoms with Crippen LogP contribution in [0.25, 0.3) is 16.3 Å². The van der Waals surface area contributed by atoms with E-state index in [9.17, 15) is 36.2 Å². The number of hydrogen-bond donors (Lipinski definition) is 3. The van der Waals surface area contributed by atoms with Gasteiger partial charge in [-0.1, -0.05) is 30.0 Å². The van der Waals surface area contributed by atoms with Gasteiger partial charge in [0.15, 0.2) is 6.54 Å². The minimum atomic E-state index is -4.36. The highest BCUT2D eigenvalue weighted by Gasteiger charge is 2.26. The van der Waals surface area contributed by atoms with Gasteiger partial charge in [-0.3, -0.25) is 4.55 Å². The fourth-order valence-electron chi connectivity index (χ4n) is 4.22. The summed E-state index contributed by atoms with van der Waals surface area (Å²) in [7, 11) is -8.48. The van der Waals surface area contributed by atoms with Crippen LogP contribution in [0.3, 0.4) is 0 Å². The van der Waals surface area contributed by atoms with Crippen molar-refractivity contribution < 1.29 is 40.7 Å². The molecule has 3 aromatic rings. The summed E-state index contributed by atoms with van der Waals surface area (Å²) in [4.78, 5) is 2.80. The maximum absolute atomic E-state index is 11.3. The Morgan fingerprint density at radius 1 is 1.05 bits per heavy atom. The summed E-state index contributed by atoms with van der Waals surface area (Å²) < 4.78 is 68.0.